The number of methoxy groups -OCH3 is 2. The number of hydrogen-bond donors (Lipinski definition) is 0. The Balaban J connectivity index is 1.57. The van der Waals surface area contributed by atoms with Crippen molar-refractivity contribution in [3.8, 4) is 23.0 Å². The lowest BCUT2D eigenvalue weighted by Crippen LogP contribution is -2.33. The average Bonchev–Trinajstić information content (AvgIpc) is 3.11. The van der Waals surface area contributed by atoms with E-state index >= 15 is 0 Å². The lowest BCUT2D eigenvalue weighted by atomic mass is 10.1. The summed E-state index contributed by atoms with van der Waals surface area (Å²) in [7, 11) is 3.29. The molecule has 0 amide bonds. The predicted octanol–water partition coefficient (Wildman–Crippen LogP) is 3.88. The highest BCUT2D eigenvalue weighted by molar-refractivity contribution is 9.10. The summed E-state index contributed by atoms with van der Waals surface area (Å²) in [5.74, 6) is 3.07. The molecule has 0 saturated heterocycles. The first kappa shape index (κ1) is 17.0. The average molecular weight is 417 g/mol. The van der Waals surface area contributed by atoms with Crippen LogP contribution in [0.15, 0.2) is 47.2 Å². The molecule has 4 rings (SSSR count). The van der Waals surface area contributed by atoms with Gasteiger partial charge in [-0.1, -0.05) is 15.9 Å². The van der Waals surface area contributed by atoms with E-state index in [0.29, 0.717) is 6.79 Å². The van der Waals surface area contributed by atoms with Crippen molar-refractivity contribution >= 4 is 26.7 Å². The first-order chi connectivity index (χ1) is 12.7. The minimum Gasteiger partial charge on any atom is -0.493 e. The number of benzene rings is 2. The fraction of sp³-hybridized carbons (Fsp3) is 0.250. The summed E-state index contributed by atoms with van der Waals surface area (Å²) < 4.78 is 24.8. The molecule has 2 heterocycles. The van der Waals surface area contributed by atoms with Gasteiger partial charge in [-0.3, -0.25) is 0 Å². The Kier molecular flexibility index (Phi) is 4.59. The van der Waals surface area contributed by atoms with Gasteiger partial charge in [0, 0.05) is 22.3 Å². The Bertz CT molecular complexity index is 974. The molecule has 0 bridgehead atoms. The molecule has 134 valence electrons. The van der Waals surface area contributed by atoms with E-state index in [-0.39, 0.29) is 0 Å². The molecule has 0 unspecified atom stereocenters. The Morgan fingerprint density at radius 3 is 2.42 bits per heavy atom. The van der Waals surface area contributed by atoms with E-state index in [2.05, 4.69) is 39.0 Å². The molecule has 1 aromatic heterocycles. The second-order valence-electron chi connectivity index (χ2n) is 6.07. The van der Waals surface area contributed by atoms with Gasteiger partial charge in [0.1, 0.15) is 0 Å². The molecule has 0 atom stereocenters. The van der Waals surface area contributed by atoms with Gasteiger partial charge in [-0.25, -0.2) is 4.57 Å². The highest BCUT2D eigenvalue weighted by Gasteiger charge is 2.16. The second kappa shape index (κ2) is 7.03. The smallest absolute Gasteiger partial charge is 0.231 e. The van der Waals surface area contributed by atoms with Crippen LogP contribution < -0.4 is 23.5 Å². The number of hydrogen-bond acceptors (Lipinski definition) is 4. The lowest BCUT2D eigenvalue weighted by Gasteiger charge is -2.11. The maximum Gasteiger partial charge on any atom is 0.231 e. The largest absolute Gasteiger partial charge is 0.493 e. The van der Waals surface area contributed by atoms with Crippen molar-refractivity contribution in [1.29, 1.82) is 0 Å². The number of aryl methyl sites for hydroxylation is 2. The Hall–Kier alpha value is -2.47. The molecule has 0 fully saturated rings. The van der Waals surface area contributed by atoms with Gasteiger partial charge >= 0.3 is 0 Å². The number of nitrogens with zero attached hydrogens (tertiary/aromatic N) is 1. The quantitative estimate of drug-likeness (QED) is 0.591. The van der Waals surface area contributed by atoms with Crippen LogP contribution in [-0.2, 0) is 13.0 Å². The molecule has 5 nitrogen and oxygen atoms in total. The standard InChI is InChI=1S/C20H19BrNO4/c1-23-17-8-14(16(21)10-18(17)24-2)4-6-22-5-3-13-7-19-20(26-12-25-19)9-15(13)11-22/h3,5,7-11H,4,6,12H2,1-2H3/q+1. The fourth-order valence-corrected chi connectivity index (χ4v) is 3.62. The third-order valence-electron chi connectivity index (χ3n) is 4.52. The minimum atomic E-state index is 0.291. The molecule has 1 aliphatic rings. The van der Waals surface area contributed by atoms with Crippen molar-refractivity contribution in [3.05, 3.63) is 52.8 Å². The van der Waals surface area contributed by atoms with Gasteiger partial charge < -0.3 is 18.9 Å². The zero-order valence-electron chi connectivity index (χ0n) is 14.6. The van der Waals surface area contributed by atoms with Crippen molar-refractivity contribution in [2.45, 2.75) is 13.0 Å². The minimum absolute atomic E-state index is 0.291. The number of rotatable bonds is 5. The summed E-state index contributed by atoms with van der Waals surface area (Å²) >= 11 is 3.62. The van der Waals surface area contributed by atoms with Crippen LogP contribution in [0.1, 0.15) is 5.56 Å². The molecule has 0 radical (unpaired) electrons. The van der Waals surface area contributed by atoms with Crippen molar-refractivity contribution in [2.75, 3.05) is 21.0 Å². The second-order valence-corrected chi connectivity index (χ2v) is 6.92. The van der Waals surface area contributed by atoms with Crippen LogP contribution in [0.25, 0.3) is 10.8 Å². The van der Waals surface area contributed by atoms with E-state index in [9.17, 15) is 0 Å². The summed E-state index contributed by atoms with van der Waals surface area (Å²) in [5, 5.41) is 2.26. The van der Waals surface area contributed by atoms with Gasteiger partial charge in [0.2, 0.25) is 6.79 Å². The maximum atomic E-state index is 5.48. The van der Waals surface area contributed by atoms with Crippen molar-refractivity contribution in [3.63, 3.8) is 0 Å². The van der Waals surface area contributed by atoms with Crippen LogP contribution in [0, 0.1) is 0 Å². The summed E-state index contributed by atoms with van der Waals surface area (Å²) in [6.45, 7) is 1.14. The topological polar surface area (TPSA) is 40.8 Å². The van der Waals surface area contributed by atoms with E-state index < -0.39 is 0 Å². The third kappa shape index (κ3) is 3.17. The van der Waals surface area contributed by atoms with Gasteiger partial charge in [0.25, 0.3) is 0 Å². The number of fused-ring (bicyclic) bond motifs is 2. The first-order valence-electron chi connectivity index (χ1n) is 8.31. The van der Waals surface area contributed by atoms with Crippen LogP contribution in [-0.4, -0.2) is 21.0 Å². The third-order valence-corrected chi connectivity index (χ3v) is 5.26. The summed E-state index contributed by atoms with van der Waals surface area (Å²) in [6.07, 6.45) is 5.08. The molecule has 0 saturated carbocycles. The Labute approximate surface area is 160 Å². The van der Waals surface area contributed by atoms with Crippen LogP contribution in [0.4, 0.5) is 0 Å². The van der Waals surface area contributed by atoms with Crippen molar-refractivity contribution in [1.82, 2.24) is 0 Å². The van der Waals surface area contributed by atoms with Gasteiger partial charge in [0.05, 0.1) is 14.2 Å². The van der Waals surface area contributed by atoms with Gasteiger partial charge in [-0.15, -0.1) is 0 Å². The van der Waals surface area contributed by atoms with Crippen molar-refractivity contribution in [2.24, 2.45) is 0 Å². The van der Waals surface area contributed by atoms with E-state index in [0.717, 1.165) is 51.2 Å². The maximum absolute atomic E-state index is 5.48. The molecule has 0 spiro atoms. The van der Waals surface area contributed by atoms with Gasteiger partial charge in [0.15, 0.2) is 41.9 Å². The predicted molar refractivity (Wildman–Crippen MR) is 101 cm³/mol. The SMILES string of the molecule is COc1cc(Br)c(CC[n+]2ccc3cc4c(cc3c2)OCO4)cc1OC. The first-order valence-corrected chi connectivity index (χ1v) is 9.10. The van der Waals surface area contributed by atoms with E-state index in [1.165, 1.54) is 5.56 Å². The van der Waals surface area contributed by atoms with Gasteiger partial charge in [-0.2, -0.15) is 0 Å². The fourth-order valence-electron chi connectivity index (χ4n) is 3.10. The molecule has 6 heteroatoms. The van der Waals surface area contributed by atoms with E-state index in [1.54, 1.807) is 14.2 Å². The molecule has 0 N–H and O–H groups in total. The van der Waals surface area contributed by atoms with E-state index in [1.807, 2.05) is 24.3 Å². The molecule has 26 heavy (non-hydrogen) atoms. The van der Waals surface area contributed by atoms with Crippen LogP contribution in [0.3, 0.4) is 0 Å². The zero-order valence-corrected chi connectivity index (χ0v) is 16.2. The Morgan fingerprint density at radius 1 is 1.00 bits per heavy atom. The van der Waals surface area contributed by atoms with Crippen LogP contribution in [0.5, 0.6) is 23.0 Å². The monoisotopic (exact) mass is 416 g/mol. The number of aromatic nitrogens is 1. The molecule has 3 aromatic rings. The highest BCUT2D eigenvalue weighted by atomic mass is 79.9. The Morgan fingerprint density at radius 2 is 1.69 bits per heavy atom. The molecular formula is C20H19BrNO4+. The van der Waals surface area contributed by atoms with Gasteiger partial charge in [-0.05, 0) is 35.2 Å². The number of halogens is 1. The van der Waals surface area contributed by atoms with Crippen molar-refractivity contribution < 1.29 is 23.5 Å². The normalized spacial score (nSPS) is 12.4. The molecular weight excluding hydrogens is 398 g/mol. The van der Waals surface area contributed by atoms with Crippen LogP contribution in [0.2, 0.25) is 0 Å². The summed E-state index contributed by atoms with van der Waals surface area (Å²) in [6, 6.07) is 10.1. The highest BCUT2D eigenvalue weighted by Crippen LogP contribution is 2.36. The zero-order chi connectivity index (χ0) is 18.1. The lowest BCUT2D eigenvalue weighted by molar-refractivity contribution is -0.695. The number of ether oxygens (including phenoxy) is 4. The van der Waals surface area contributed by atoms with Crippen LogP contribution >= 0.6 is 15.9 Å². The molecule has 0 aliphatic carbocycles. The molecule has 2 aromatic carbocycles. The molecule has 1 aliphatic heterocycles. The summed E-state index contributed by atoms with van der Waals surface area (Å²) in [5.41, 5.74) is 1.17. The summed E-state index contributed by atoms with van der Waals surface area (Å²) in [4.78, 5) is 0. The van der Waals surface area contributed by atoms with E-state index in [4.69, 9.17) is 18.9 Å². The number of pyridine rings is 1.